The van der Waals surface area contributed by atoms with E-state index in [1.807, 2.05) is 18.2 Å². The minimum atomic E-state index is -1.13. The zero-order valence-corrected chi connectivity index (χ0v) is 16.8. The minimum Gasteiger partial charge on any atom is -0.478 e. The number of esters is 1. The van der Waals surface area contributed by atoms with Crippen molar-refractivity contribution in [2.75, 3.05) is 6.61 Å². The van der Waals surface area contributed by atoms with Gasteiger partial charge in [-0.3, -0.25) is 0 Å². The van der Waals surface area contributed by atoms with E-state index in [1.54, 1.807) is 12.1 Å². The van der Waals surface area contributed by atoms with Gasteiger partial charge in [0.1, 0.15) is 6.61 Å². The smallest absolute Gasteiger partial charge is 0.339 e. The van der Waals surface area contributed by atoms with Crippen LogP contribution in [0.1, 0.15) is 78.7 Å². The van der Waals surface area contributed by atoms with Crippen molar-refractivity contribution in [1.82, 2.24) is 0 Å². The Balaban J connectivity index is 2.29. The lowest BCUT2D eigenvalue weighted by Crippen LogP contribution is -2.33. The van der Waals surface area contributed by atoms with E-state index in [1.165, 1.54) is 17.7 Å². The van der Waals surface area contributed by atoms with Crippen molar-refractivity contribution in [3.8, 4) is 0 Å². The molecule has 0 unspecified atom stereocenters. The van der Waals surface area contributed by atoms with Gasteiger partial charge in [0.15, 0.2) is 0 Å². The van der Waals surface area contributed by atoms with Crippen LogP contribution in [0.5, 0.6) is 0 Å². The molecule has 0 spiro atoms. The number of carboxylic acids is 1. The average molecular weight is 383 g/mol. The van der Waals surface area contributed by atoms with E-state index in [0.29, 0.717) is 0 Å². The Morgan fingerprint density at radius 2 is 1.39 bits per heavy atom. The molecule has 4 heteroatoms. The normalized spacial score (nSPS) is 11.2. The number of aromatic carboxylic acids is 1. The molecular weight excluding hydrogens is 352 g/mol. The number of carbonyl (C=O) groups excluding carboxylic acids is 1. The van der Waals surface area contributed by atoms with Crippen LogP contribution in [0.15, 0.2) is 54.6 Å². The first kappa shape index (κ1) is 21.7. The molecule has 0 aliphatic rings. The van der Waals surface area contributed by atoms with Crippen molar-refractivity contribution in [1.29, 1.82) is 0 Å². The molecule has 2 aromatic carbocycles. The van der Waals surface area contributed by atoms with E-state index >= 15 is 0 Å². The molecule has 0 bridgehead atoms. The van der Waals surface area contributed by atoms with Gasteiger partial charge in [-0.25, -0.2) is 9.59 Å². The Hall–Kier alpha value is -2.62. The standard InChI is InChI=1S/C24H30O4/c1-3-5-16-24(17-6-4-2,19-12-8-7-9-13-19)18-28-23(27)21-15-11-10-14-20(21)22(25)26/h7-15H,3-6,16-18H2,1-2H3,(H,25,26). The lowest BCUT2D eigenvalue weighted by molar-refractivity contribution is 0.0366. The number of hydrogen-bond donors (Lipinski definition) is 1. The molecule has 4 nitrogen and oxygen atoms in total. The Kier molecular flexibility index (Phi) is 8.24. The first-order valence-corrected chi connectivity index (χ1v) is 10.1. The van der Waals surface area contributed by atoms with Crippen molar-refractivity contribution < 1.29 is 19.4 Å². The highest BCUT2D eigenvalue weighted by Crippen LogP contribution is 2.36. The lowest BCUT2D eigenvalue weighted by atomic mass is 9.73. The van der Waals surface area contributed by atoms with Crippen molar-refractivity contribution in [2.45, 2.75) is 57.8 Å². The number of carbonyl (C=O) groups is 2. The van der Waals surface area contributed by atoms with Gasteiger partial charge < -0.3 is 9.84 Å². The maximum atomic E-state index is 12.7. The molecule has 0 fully saturated rings. The topological polar surface area (TPSA) is 63.6 Å². The Morgan fingerprint density at radius 3 is 1.93 bits per heavy atom. The number of carboxylic acid groups (broad SMARTS) is 1. The summed E-state index contributed by atoms with van der Waals surface area (Å²) in [6.45, 7) is 4.57. The first-order chi connectivity index (χ1) is 13.5. The number of ether oxygens (including phenoxy) is 1. The van der Waals surface area contributed by atoms with Gasteiger partial charge in [0.2, 0.25) is 0 Å². The fourth-order valence-corrected chi connectivity index (χ4v) is 3.59. The van der Waals surface area contributed by atoms with Crippen LogP contribution in [-0.4, -0.2) is 23.7 Å². The van der Waals surface area contributed by atoms with Crippen molar-refractivity contribution in [2.24, 2.45) is 0 Å². The van der Waals surface area contributed by atoms with Crippen LogP contribution in [0.3, 0.4) is 0 Å². The zero-order valence-electron chi connectivity index (χ0n) is 16.8. The molecule has 150 valence electrons. The van der Waals surface area contributed by atoms with Crippen LogP contribution in [0, 0.1) is 0 Å². The summed E-state index contributed by atoms with van der Waals surface area (Å²) in [5.74, 6) is -1.70. The van der Waals surface area contributed by atoms with Gasteiger partial charge >= 0.3 is 11.9 Å². The second-order valence-corrected chi connectivity index (χ2v) is 7.28. The summed E-state index contributed by atoms with van der Waals surface area (Å²) in [6, 6.07) is 16.4. The Bertz CT molecular complexity index is 759. The quantitative estimate of drug-likeness (QED) is 0.494. The predicted octanol–water partition coefficient (Wildman–Crippen LogP) is 5.86. The summed E-state index contributed by atoms with van der Waals surface area (Å²) >= 11 is 0. The summed E-state index contributed by atoms with van der Waals surface area (Å²) in [6.07, 6.45) is 6.08. The van der Waals surface area contributed by atoms with E-state index in [0.717, 1.165) is 38.5 Å². The van der Waals surface area contributed by atoms with Crippen LogP contribution < -0.4 is 0 Å². The van der Waals surface area contributed by atoms with E-state index in [2.05, 4.69) is 26.0 Å². The van der Waals surface area contributed by atoms with Gasteiger partial charge in [0.25, 0.3) is 0 Å². The lowest BCUT2D eigenvalue weighted by Gasteiger charge is -2.34. The van der Waals surface area contributed by atoms with Crippen LogP contribution in [-0.2, 0) is 10.2 Å². The average Bonchev–Trinajstić information content (AvgIpc) is 2.74. The molecule has 0 aliphatic heterocycles. The molecule has 0 aliphatic carbocycles. The third-order valence-corrected chi connectivity index (χ3v) is 5.26. The third kappa shape index (κ3) is 5.44. The molecule has 28 heavy (non-hydrogen) atoms. The van der Waals surface area contributed by atoms with E-state index in [4.69, 9.17) is 4.74 Å². The molecule has 2 aromatic rings. The fourth-order valence-electron chi connectivity index (χ4n) is 3.59. The molecule has 0 saturated heterocycles. The van der Waals surface area contributed by atoms with E-state index < -0.39 is 11.9 Å². The van der Waals surface area contributed by atoms with Crippen LogP contribution in [0.2, 0.25) is 0 Å². The summed E-state index contributed by atoms with van der Waals surface area (Å²) in [7, 11) is 0. The van der Waals surface area contributed by atoms with Crippen molar-refractivity contribution in [3.05, 3.63) is 71.3 Å². The summed E-state index contributed by atoms with van der Waals surface area (Å²) in [4.78, 5) is 24.1. The van der Waals surface area contributed by atoms with Crippen molar-refractivity contribution >= 4 is 11.9 Å². The van der Waals surface area contributed by atoms with Gasteiger partial charge in [0, 0.05) is 5.41 Å². The first-order valence-electron chi connectivity index (χ1n) is 10.1. The maximum absolute atomic E-state index is 12.7. The van der Waals surface area contributed by atoms with Gasteiger partial charge in [-0.05, 0) is 30.5 Å². The fraction of sp³-hybridized carbons (Fsp3) is 0.417. The largest absolute Gasteiger partial charge is 0.478 e. The predicted molar refractivity (Wildman–Crippen MR) is 111 cm³/mol. The Morgan fingerprint density at radius 1 is 0.857 bits per heavy atom. The minimum absolute atomic E-state index is 0.0278. The van der Waals surface area contributed by atoms with Crippen LogP contribution in [0.4, 0.5) is 0 Å². The molecule has 1 N–H and O–H groups in total. The van der Waals surface area contributed by atoms with Gasteiger partial charge in [0.05, 0.1) is 11.1 Å². The van der Waals surface area contributed by atoms with Crippen LogP contribution >= 0.6 is 0 Å². The molecule has 0 radical (unpaired) electrons. The monoisotopic (exact) mass is 382 g/mol. The number of hydrogen-bond acceptors (Lipinski definition) is 3. The summed E-state index contributed by atoms with van der Waals surface area (Å²) in [5, 5.41) is 9.35. The van der Waals surface area contributed by atoms with Crippen molar-refractivity contribution in [3.63, 3.8) is 0 Å². The Labute approximate surface area is 167 Å². The highest BCUT2D eigenvalue weighted by Gasteiger charge is 2.33. The van der Waals surface area contributed by atoms with Crippen LogP contribution in [0.25, 0.3) is 0 Å². The number of unbranched alkanes of at least 4 members (excludes halogenated alkanes) is 2. The number of rotatable bonds is 11. The molecule has 0 atom stereocenters. The molecular formula is C24H30O4. The SMILES string of the molecule is CCCCC(CCCC)(COC(=O)c1ccccc1C(=O)O)c1ccccc1. The molecule has 0 aromatic heterocycles. The van der Waals surface area contributed by atoms with E-state index in [-0.39, 0.29) is 23.1 Å². The van der Waals surface area contributed by atoms with Gasteiger partial charge in [-0.15, -0.1) is 0 Å². The maximum Gasteiger partial charge on any atom is 0.339 e. The summed E-state index contributed by atoms with van der Waals surface area (Å²) < 4.78 is 5.73. The zero-order chi connectivity index (χ0) is 20.4. The van der Waals surface area contributed by atoms with Gasteiger partial charge in [-0.2, -0.15) is 0 Å². The van der Waals surface area contributed by atoms with E-state index in [9.17, 15) is 14.7 Å². The van der Waals surface area contributed by atoms with Gasteiger partial charge in [-0.1, -0.05) is 82.0 Å². The molecule has 0 saturated carbocycles. The third-order valence-electron chi connectivity index (χ3n) is 5.26. The summed E-state index contributed by atoms with van der Waals surface area (Å²) in [5.41, 5.74) is 1.00. The second kappa shape index (κ2) is 10.6. The molecule has 2 rings (SSSR count). The second-order valence-electron chi connectivity index (χ2n) is 7.28. The highest BCUT2D eigenvalue weighted by molar-refractivity contribution is 6.02. The molecule has 0 amide bonds. The highest BCUT2D eigenvalue weighted by atomic mass is 16.5. The number of benzene rings is 2. The molecule has 0 heterocycles.